The number of Topliss-reactive ketones (excluding diaryl/α,β-unsaturated/α-hetero) is 1. The van der Waals surface area contributed by atoms with Crippen molar-refractivity contribution in [2.45, 2.75) is 40.0 Å². The van der Waals surface area contributed by atoms with Crippen molar-refractivity contribution in [1.29, 1.82) is 0 Å². The van der Waals surface area contributed by atoms with Crippen LogP contribution in [0, 0.1) is 16.2 Å². The maximum absolute atomic E-state index is 12.4. The Morgan fingerprint density at radius 1 is 1.14 bits per heavy atom. The molecule has 0 N–H and O–H groups in total. The van der Waals surface area contributed by atoms with Crippen LogP contribution in [0.1, 0.15) is 40.0 Å². The monoisotopic (exact) mass is 353 g/mol. The Morgan fingerprint density at radius 2 is 1.73 bits per heavy atom. The molecule has 0 heterocycles. The van der Waals surface area contributed by atoms with E-state index in [2.05, 4.69) is 4.18 Å². The van der Waals surface area contributed by atoms with Crippen LogP contribution in [0.15, 0.2) is 0 Å². The van der Waals surface area contributed by atoms with Crippen LogP contribution >= 0.6 is 0 Å². The van der Waals surface area contributed by atoms with Crippen molar-refractivity contribution in [2.24, 2.45) is 16.2 Å². The first-order chi connectivity index (χ1) is 9.75. The topological polar surface area (TPSA) is 118 Å². The Labute approximate surface area is 131 Å². The van der Waals surface area contributed by atoms with Crippen molar-refractivity contribution in [3.63, 3.8) is 0 Å². The van der Waals surface area contributed by atoms with Crippen molar-refractivity contribution in [3.05, 3.63) is 0 Å². The molecule has 2 unspecified atom stereocenters. The Bertz CT molecular complexity index is 692. The van der Waals surface area contributed by atoms with Gasteiger partial charge in [-0.2, -0.15) is 8.42 Å². The molecule has 0 spiro atoms. The third-order valence-electron chi connectivity index (χ3n) is 5.91. The second kappa shape index (κ2) is 4.99. The summed E-state index contributed by atoms with van der Waals surface area (Å²) in [7, 11) is -8.62. The maximum Gasteiger partial charge on any atom is 0.268 e. The lowest BCUT2D eigenvalue weighted by molar-refractivity contribution is -0.128. The smallest absolute Gasteiger partial charge is 0.268 e. The van der Waals surface area contributed by atoms with Crippen LogP contribution in [0.3, 0.4) is 0 Å². The lowest BCUT2D eigenvalue weighted by Gasteiger charge is -2.39. The molecular formula is C13H21O7S2-. The van der Waals surface area contributed by atoms with Crippen LogP contribution in [0.5, 0.6) is 0 Å². The van der Waals surface area contributed by atoms with Crippen molar-refractivity contribution in [3.8, 4) is 0 Å². The van der Waals surface area contributed by atoms with Gasteiger partial charge in [-0.3, -0.25) is 8.98 Å². The Kier molecular flexibility index (Phi) is 4.05. The molecule has 22 heavy (non-hydrogen) atoms. The Hall–Kier alpha value is -0.510. The molecule has 0 radical (unpaired) electrons. The first-order valence-electron chi connectivity index (χ1n) is 7.09. The van der Waals surface area contributed by atoms with Crippen LogP contribution < -0.4 is 0 Å². The van der Waals surface area contributed by atoms with E-state index in [1.54, 1.807) is 0 Å². The standard InChI is InChI=1S/C13H22O7S2/c1-11(2)12(3)4-5-13(11,10(14)8-12)9-22(18,19)20-6-7-21(15,16)17/h4-9H2,1-3H3,(H,15,16,17)/p-1. The molecular weight excluding hydrogens is 332 g/mol. The fourth-order valence-corrected chi connectivity index (χ4v) is 6.04. The molecule has 0 aromatic heterocycles. The molecule has 2 fully saturated rings. The highest BCUT2D eigenvalue weighted by Gasteiger charge is 2.70. The number of carbonyl (C=O) groups excluding carboxylic acids is 1. The molecule has 2 bridgehead atoms. The Balaban J connectivity index is 2.17. The molecule has 0 saturated heterocycles. The first kappa shape index (κ1) is 17.8. The fourth-order valence-electron chi connectivity index (χ4n) is 3.95. The molecule has 0 amide bonds. The number of hydrogen-bond acceptors (Lipinski definition) is 7. The van der Waals surface area contributed by atoms with Gasteiger partial charge in [0.25, 0.3) is 10.1 Å². The van der Waals surface area contributed by atoms with Gasteiger partial charge in [-0.25, -0.2) is 8.42 Å². The highest BCUT2D eigenvalue weighted by molar-refractivity contribution is 7.87. The van der Waals surface area contributed by atoms with E-state index >= 15 is 0 Å². The number of ketones is 1. The predicted molar refractivity (Wildman–Crippen MR) is 77.5 cm³/mol. The summed E-state index contributed by atoms with van der Waals surface area (Å²) in [6.07, 6.45) is 1.61. The molecule has 2 aliphatic rings. The van der Waals surface area contributed by atoms with Gasteiger partial charge in [0.15, 0.2) is 0 Å². The van der Waals surface area contributed by atoms with Crippen molar-refractivity contribution >= 4 is 26.0 Å². The van der Waals surface area contributed by atoms with E-state index in [1.165, 1.54) is 0 Å². The molecule has 0 aromatic rings. The molecule has 0 aliphatic heterocycles. The van der Waals surface area contributed by atoms with E-state index in [0.29, 0.717) is 12.8 Å². The van der Waals surface area contributed by atoms with Crippen LogP contribution in [-0.2, 0) is 29.2 Å². The van der Waals surface area contributed by atoms with E-state index < -0.39 is 49.2 Å². The molecule has 2 rings (SSSR count). The second-order valence-corrected chi connectivity index (χ2v) is 10.3. The van der Waals surface area contributed by atoms with Gasteiger partial charge in [0.1, 0.15) is 5.78 Å². The average molecular weight is 353 g/mol. The number of carbonyl (C=O) groups is 1. The van der Waals surface area contributed by atoms with Gasteiger partial charge in [0.05, 0.1) is 33.6 Å². The van der Waals surface area contributed by atoms with Gasteiger partial charge < -0.3 is 4.55 Å². The van der Waals surface area contributed by atoms with Crippen molar-refractivity contribution in [1.82, 2.24) is 0 Å². The summed E-state index contributed by atoms with van der Waals surface area (Å²) < 4.78 is 60.4. The highest BCUT2D eigenvalue weighted by atomic mass is 32.2. The van der Waals surface area contributed by atoms with Gasteiger partial charge >= 0.3 is 0 Å². The minimum absolute atomic E-state index is 0.0742. The zero-order valence-electron chi connectivity index (χ0n) is 12.9. The quantitative estimate of drug-likeness (QED) is 0.508. The van der Waals surface area contributed by atoms with E-state index in [0.717, 1.165) is 6.42 Å². The van der Waals surface area contributed by atoms with Gasteiger partial charge in [0, 0.05) is 6.42 Å². The summed E-state index contributed by atoms with van der Waals surface area (Å²) in [6, 6.07) is 0. The summed E-state index contributed by atoms with van der Waals surface area (Å²) in [6.45, 7) is 5.10. The lowest BCUT2D eigenvalue weighted by atomic mass is 9.66. The largest absolute Gasteiger partial charge is 0.748 e. The van der Waals surface area contributed by atoms with Crippen LogP contribution in [0.2, 0.25) is 0 Å². The summed E-state index contributed by atoms with van der Waals surface area (Å²) >= 11 is 0. The zero-order valence-corrected chi connectivity index (χ0v) is 14.5. The maximum atomic E-state index is 12.4. The molecule has 9 heteroatoms. The highest BCUT2D eigenvalue weighted by Crippen LogP contribution is 2.70. The summed E-state index contributed by atoms with van der Waals surface area (Å²) in [5.41, 5.74) is -1.69. The van der Waals surface area contributed by atoms with Crippen molar-refractivity contribution in [2.75, 3.05) is 18.1 Å². The fraction of sp³-hybridized carbons (Fsp3) is 0.923. The van der Waals surface area contributed by atoms with Gasteiger partial charge in [-0.15, -0.1) is 0 Å². The number of rotatable bonds is 6. The van der Waals surface area contributed by atoms with Gasteiger partial charge in [0.2, 0.25) is 0 Å². The third-order valence-corrected chi connectivity index (χ3v) is 7.95. The minimum atomic E-state index is -4.54. The van der Waals surface area contributed by atoms with Crippen molar-refractivity contribution < 1.29 is 30.4 Å². The molecule has 2 saturated carbocycles. The molecule has 7 nitrogen and oxygen atoms in total. The molecule has 0 aromatic carbocycles. The molecule has 2 aliphatic carbocycles. The van der Waals surface area contributed by atoms with Gasteiger partial charge in [-0.05, 0) is 23.7 Å². The Morgan fingerprint density at radius 3 is 2.14 bits per heavy atom. The zero-order chi connectivity index (χ0) is 17.0. The van der Waals surface area contributed by atoms with Gasteiger partial charge in [-0.1, -0.05) is 20.8 Å². The molecule has 128 valence electrons. The number of hydrogen-bond donors (Lipinski definition) is 0. The minimum Gasteiger partial charge on any atom is -0.748 e. The third kappa shape index (κ3) is 2.72. The van der Waals surface area contributed by atoms with E-state index in [4.69, 9.17) is 0 Å². The normalized spacial score (nSPS) is 34.3. The summed E-state index contributed by atoms with van der Waals surface area (Å²) in [4.78, 5) is 12.4. The van der Waals surface area contributed by atoms with E-state index in [9.17, 15) is 26.2 Å². The SMILES string of the molecule is CC12CCC(CS(=O)(=O)OCCS(=O)(=O)[O-])(C(=O)C1)C2(C)C. The van der Waals surface area contributed by atoms with Crippen LogP contribution in [-0.4, -0.2) is 45.3 Å². The van der Waals surface area contributed by atoms with E-state index in [-0.39, 0.29) is 11.2 Å². The first-order valence-corrected chi connectivity index (χ1v) is 10.2. The van der Waals surface area contributed by atoms with E-state index in [1.807, 2.05) is 20.8 Å². The number of fused-ring (bicyclic) bond motifs is 2. The summed E-state index contributed by atoms with van der Waals surface area (Å²) in [5.74, 6) is -1.44. The lowest BCUT2D eigenvalue weighted by Crippen LogP contribution is -2.43. The van der Waals surface area contributed by atoms with Crippen LogP contribution in [0.4, 0.5) is 0 Å². The second-order valence-electron chi connectivity index (χ2n) is 7.15. The summed E-state index contributed by atoms with van der Waals surface area (Å²) in [5, 5.41) is 0. The van der Waals surface area contributed by atoms with Crippen LogP contribution in [0.25, 0.3) is 0 Å². The molecule has 2 atom stereocenters. The predicted octanol–water partition coefficient (Wildman–Crippen LogP) is 0.664. The average Bonchev–Trinajstić information content (AvgIpc) is 2.55.